The monoisotopic (exact) mass is 384 g/mol. The molecule has 0 saturated carbocycles. The molecule has 1 amide bonds. The van der Waals surface area contributed by atoms with Gasteiger partial charge >= 0.3 is 0 Å². The van der Waals surface area contributed by atoms with Gasteiger partial charge in [-0.25, -0.2) is 4.99 Å². The molecule has 0 radical (unpaired) electrons. The van der Waals surface area contributed by atoms with Crippen molar-refractivity contribution in [3.8, 4) is 11.5 Å². The van der Waals surface area contributed by atoms with E-state index in [-0.39, 0.29) is 31.1 Å². The van der Waals surface area contributed by atoms with Crippen molar-refractivity contribution in [2.45, 2.75) is 19.8 Å². The van der Waals surface area contributed by atoms with E-state index in [0.717, 1.165) is 24.5 Å². The number of rotatable bonds is 9. The maximum absolute atomic E-state index is 11.8. The van der Waals surface area contributed by atoms with Crippen LogP contribution in [0.5, 0.6) is 11.5 Å². The molecule has 2 aliphatic heterocycles. The van der Waals surface area contributed by atoms with Crippen LogP contribution in [0.4, 0.5) is 5.69 Å². The van der Waals surface area contributed by atoms with E-state index < -0.39 is 0 Å². The van der Waals surface area contributed by atoms with E-state index in [2.05, 4.69) is 15.3 Å². The van der Waals surface area contributed by atoms with Crippen LogP contribution in [0, 0.1) is 0 Å². The molecule has 0 bridgehead atoms. The van der Waals surface area contributed by atoms with Gasteiger partial charge < -0.3 is 19.7 Å². The Morgan fingerprint density at radius 2 is 2.18 bits per heavy atom. The first-order valence-electron chi connectivity index (χ1n) is 9.25. The van der Waals surface area contributed by atoms with Gasteiger partial charge in [0.15, 0.2) is 17.3 Å². The predicted molar refractivity (Wildman–Crippen MR) is 107 cm³/mol. The normalized spacial score (nSPS) is 14.5. The highest BCUT2D eigenvalue weighted by Crippen LogP contribution is 2.42. The molecule has 0 fully saturated rings. The summed E-state index contributed by atoms with van der Waals surface area (Å²) in [4.78, 5) is 34.2. The van der Waals surface area contributed by atoms with E-state index in [9.17, 15) is 9.59 Å². The molecular weight excluding hydrogens is 360 g/mol. The molecule has 0 spiro atoms. The number of nitrogens with one attached hydrogen (secondary N) is 1. The zero-order valence-electron chi connectivity index (χ0n) is 16.1. The molecule has 0 atom stereocenters. The minimum Gasteiger partial charge on any atom is -0.491 e. The van der Waals surface area contributed by atoms with E-state index in [4.69, 9.17) is 9.47 Å². The second-order valence-electron chi connectivity index (χ2n) is 6.30. The molecular formula is C20H24N4O4. The van der Waals surface area contributed by atoms with Gasteiger partial charge in [0.25, 0.3) is 0 Å². The summed E-state index contributed by atoms with van der Waals surface area (Å²) in [5, 5.41) is 2.74. The number of carbonyl (C=O) groups excluding carboxylic acids is 2. The fourth-order valence-corrected chi connectivity index (χ4v) is 3.06. The summed E-state index contributed by atoms with van der Waals surface area (Å²) in [6, 6.07) is 3.75. The number of ketones is 1. The Balaban J connectivity index is 1.54. The topological polar surface area (TPSA) is 92.6 Å². The molecule has 8 heteroatoms. The van der Waals surface area contributed by atoms with Gasteiger partial charge in [-0.2, -0.15) is 0 Å². The third-order valence-corrected chi connectivity index (χ3v) is 4.37. The Morgan fingerprint density at radius 1 is 1.32 bits per heavy atom. The standard InChI is InChI=1S/C20H24N4O4/c1-3-4-14(25)5-8-17(26)21-10-12-28-16-7-6-15-18(19(16)27-2)23-13-24-11-9-22-20(15)24/h3-4,6-7,13H,5,8-12H2,1-2H3,(H,21,26). The lowest BCUT2D eigenvalue weighted by molar-refractivity contribution is -0.123. The molecule has 2 aliphatic rings. The third-order valence-electron chi connectivity index (χ3n) is 4.37. The van der Waals surface area contributed by atoms with Crippen molar-refractivity contribution in [1.82, 2.24) is 10.2 Å². The lowest BCUT2D eigenvalue weighted by Crippen LogP contribution is -2.29. The van der Waals surface area contributed by atoms with Gasteiger partial charge in [0.05, 0.1) is 26.5 Å². The molecule has 2 heterocycles. The van der Waals surface area contributed by atoms with Crippen molar-refractivity contribution in [3.05, 3.63) is 29.8 Å². The largest absolute Gasteiger partial charge is 0.491 e. The first-order chi connectivity index (χ1) is 13.6. The number of aliphatic imine (C=N–C) groups is 2. The van der Waals surface area contributed by atoms with Crippen LogP contribution in [0.2, 0.25) is 0 Å². The molecule has 3 rings (SSSR count). The molecule has 1 aromatic carbocycles. The van der Waals surface area contributed by atoms with E-state index in [0.29, 0.717) is 23.7 Å². The second kappa shape index (κ2) is 9.16. The fraction of sp³-hybridized carbons (Fsp3) is 0.400. The smallest absolute Gasteiger partial charge is 0.220 e. The molecule has 1 aromatic rings. The van der Waals surface area contributed by atoms with E-state index in [1.54, 1.807) is 26.4 Å². The van der Waals surface area contributed by atoms with Crippen LogP contribution in [-0.4, -0.2) is 62.1 Å². The van der Waals surface area contributed by atoms with E-state index >= 15 is 0 Å². The van der Waals surface area contributed by atoms with E-state index in [1.165, 1.54) is 6.08 Å². The van der Waals surface area contributed by atoms with Crippen LogP contribution in [0.15, 0.2) is 34.3 Å². The average Bonchev–Trinajstić information content (AvgIpc) is 3.18. The summed E-state index contributed by atoms with van der Waals surface area (Å²) < 4.78 is 11.3. The van der Waals surface area contributed by atoms with Crippen LogP contribution >= 0.6 is 0 Å². The van der Waals surface area contributed by atoms with Gasteiger partial charge in [-0.05, 0) is 25.1 Å². The summed E-state index contributed by atoms with van der Waals surface area (Å²) in [7, 11) is 1.57. The minimum atomic E-state index is -0.178. The van der Waals surface area contributed by atoms with E-state index in [1.807, 2.05) is 17.0 Å². The van der Waals surface area contributed by atoms with Crippen LogP contribution in [-0.2, 0) is 9.59 Å². The Kier molecular flexibility index (Phi) is 6.41. The average molecular weight is 384 g/mol. The van der Waals surface area contributed by atoms with Crippen molar-refractivity contribution in [2.24, 2.45) is 9.98 Å². The third kappa shape index (κ3) is 4.39. The lowest BCUT2D eigenvalue weighted by atomic mass is 10.1. The van der Waals surface area contributed by atoms with Gasteiger partial charge in [-0.1, -0.05) is 6.08 Å². The Morgan fingerprint density at radius 3 is 2.96 bits per heavy atom. The maximum Gasteiger partial charge on any atom is 0.220 e. The highest BCUT2D eigenvalue weighted by molar-refractivity contribution is 6.12. The highest BCUT2D eigenvalue weighted by atomic mass is 16.5. The minimum absolute atomic E-state index is 0.0568. The molecule has 148 valence electrons. The van der Waals surface area contributed by atoms with Gasteiger partial charge in [0, 0.05) is 24.9 Å². The summed E-state index contributed by atoms with van der Waals surface area (Å²) in [5.41, 5.74) is 1.62. The number of amidine groups is 1. The number of fused-ring (bicyclic) bond motifs is 3. The SMILES string of the molecule is CC=CC(=O)CCC(=O)NCCOc1ccc2c(c1OC)N=CN1CCN=C21. The molecule has 28 heavy (non-hydrogen) atoms. The molecule has 0 aromatic heterocycles. The van der Waals surface area contributed by atoms with Gasteiger partial charge in [0.1, 0.15) is 18.1 Å². The number of ether oxygens (including phenoxy) is 2. The summed E-state index contributed by atoms with van der Waals surface area (Å²) in [6.45, 7) is 3.97. The Labute approximate surface area is 163 Å². The molecule has 0 unspecified atom stereocenters. The second-order valence-corrected chi connectivity index (χ2v) is 6.30. The van der Waals surface area contributed by atoms with Crippen molar-refractivity contribution in [3.63, 3.8) is 0 Å². The van der Waals surface area contributed by atoms with Crippen molar-refractivity contribution in [1.29, 1.82) is 0 Å². The maximum atomic E-state index is 11.8. The Hall–Kier alpha value is -3.16. The molecule has 0 aliphatic carbocycles. The first-order valence-corrected chi connectivity index (χ1v) is 9.25. The first kappa shape index (κ1) is 19.6. The summed E-state index contributed by atoms with van der Waals surface area (Å²) in [6.07, 6.45) is 5.27. The molecule has 1 N–H and O–H groups in total. The number of hydrogen-bond donors (Lipinski definition) is 1. The fourth-order valence-electron chi connectivity index (χ4n) is 3.06. The van der Waals surface area contributed by atoms with Crippen LogP contribution in [0.3, 0.4) is 0 Å². The highest BCUT2D eigenvalue weighted by Gasteiger charge is 2.27. The van der Waals surface area contributed by atoms with Crippen molar-refractivity contribution >= 4 is 29.6 Å². The molecule has 8 nitrogen and oxygen atoms in total. The number of hydrogen-bond acceptors (Lipinski definition) is 7. The number of methoxy groups -OCH3 is 1. The van der Waals surface area contributed by atoms with Gasteiger partial charge in [0.2, 0.25) is 5.91 Å². The Bertz CT molecular complexity index is 845. The van der Waals surface area contributed by atoms with Crippen molar-refractivity contribution < 1.29 is 19.1 Å². The quantitative estimate of drug-likeness (QED) is 0.518. The zero-order chi connectivity index (χ0) is 19.9. The van der Waals surface area contributed by atoms with Crippen molar-refractivity contribution in [2.75, 3.05) is 33.4 Å². The number of nitrogens with zero attached hydrogens (tertiary/aromatic N) is 3. The number of benzene rings is 1. The zero-order valence-corrected chi connectivity index (χ0v) is 16.1. The van der Waals surface area contributed by atoms with Crippen LogP contribution in [0.1, 0.15) is 25.3 Å². The molecule has 0 saturated heterocycles. The van der Waals surface area contributed by atoms with Crippen LogP contribution in [0.25, 0.3) is 0 Å². The summed E-state index contributed by atoms with van der Waals surface area (Å²) in [5.74, 6) is 1.77. The predicted octanol–water partition coefficient (Wildman–Crippen LogP) is 1.85. The van der Waals surface area contributed by atoms with Gasteiger partial charge in [-0.15, -0.1) is 0 Å². The summed E-state index contributed by atoms with van der Waals surface area (Å²) >= 11 is 0. The number of amides is 1. The van der Waals surface area contributed by atoms with Crippen LogP contribution < -0.4 is 14.8 Å². The number of carbonyl (C=O) groups is 2. The number of allylic oxidation sites excluding steroid dienone is 2. The van der Waals surface area contributed by atoms with Gasteiger partial charge in [-0.3, -0.25) is 14.6 Å². The lowest BCUT2D eigenvalue weighted by Gasteiger charge is -2.23.